The van der Waals surface area contributed by atoms with Crippen LogP contribution in [0.1, 0.15) is 46.0 Å². The molecule has 0 amide bonds. The van der Waals surface area contributed by atoms with Gasteiger partial charge in [-0.05, 0) is 19.3 Å². The molecule has 0 N–H and O–H groups in total. The highest BCUT2D eigenvalue weighted by atomic mass is 16.5. The van der Waals surface area contributed by atoms with Crippen LogP contribution in [0.3, 0.4) is 0 Å². The summed E-state index contributed by atoms with van der Waals surface area (Å²) in [6, 6.07) is 0. The predicted molar refractivity (Wildman–Crippen MR) is 54.5 cm³/mol. The Morgan fingerprint density at radius 1 is 1.23 bits per heavy atom. The van der Waals surface area contributed by atoms with Crippen molar-refractivity contribution in [3.8, 4) is 0 Å². The first-order chi connectivity index (χ1) is 6.27. The topological polar surface area (TPSA) is 26.3 Å². The zero-order chi connectivity index (χ0) is 9.94. The second-order valence-electron chi connectivity index (χ2n) is 3.10. The van der Waals surface area contributed by atoms with E-state index in [9.17, 15) is 4.79 Å². The Kier molecular flexibility index (Phi) is 8.73. The lowest BCUT2D eigenvalue weighted by Crippen LogP contribution is -1.98. The molecule has 0 aromatic heterocycles. The van der Waals surface area contributed by atoms with Gasteiger partial charge in [-0.1, -0.05) is 31.9 Å². The van der Waals surface area contributed by atoms with Crippen molar-refractivity contribution in [2.45, 2.75) is 46.0 Å². The third kappa shape index (κ3) is 11.2. The molecule has 0 fully saturated rings. The van der Waals surface area contributed by atoms with Gasteiger partial charge in [-0.15, -0.1) is 0 Å². The molecule has 0 radical (unpaired) electrons. The summed E-state index contributed by atoms with van der Waals surface area (Å²) in [5, 5.41) is 0. The fourth-order valence-corrected chi connectivity index (χ4v) is 1.02. The quantitative estimate of drug-likeness (QED) is 0.345. The van der Waals surface area contributed by atoms with Crippen LogP contribution in [0.25, 0.3) is 0 Å². The van der Waals surface area contributed by atoms with Crippen molar-refractivity contribution >= 4 is 5.97 Å². The summed E-state index contributed by atoms with van der Waals surface area (Å²) in [6.45, 7) is 4.15. The molecule has 0 heterocycles. The standard InChI is InChI=1S/C11H20O2/c1-3-4-5-6-7-8-9-10-13-11(2)12/h7-8H,3-6,9-10H2,1-2H3/b8-7-. The van der Waals surface area contributed by atoms with Gasteiger partial charge in [0.1, 0.15) is 0 Å². The molecule has 76 valence electrons. The first-order valence-electron chi connectivity index (χ1n) is 5.05. The van der Waals surface area contributed by atoms with Crippen LogP contribution in [-0.2, 0) is 9.53 Å². The molecule has 2 heteroatoms. The van der Waals surface area contributed by atoms with Gasteiger partial charge >= 0.3 is 5.97 Å². The van der Waals surface area contributed by atoms with Crippen molar-refractivity contribution in [1.82, 2.24) is 0 Å². The zero-order valence-electron chi connectivity index (χ0n) is 8.71. The number of rotatable bonds is 7. The van der Waals surface area contributed by atoms with E-state index in [1.165, 1.54) is 26.2 Å². The molecule has 0 atom stereocenters. The van der Waals surface area contributed by atoms with Gasteiger partial charge in [0, 0.05) is 6.92 Å². The van der Waals surface area contributed by atoms with Gasteiger partial charge in [-0.2, -0.15) is 0 Å². The van der Waals surface area contributed by atoms with Gasteiger partial charge in [0.05, 0.1) is 6.61 Å². The Balaban J connectivity index is 3.08. The smallest absolute Gasteiger partial charge is 0.302 e. The molecule has 0 aromatic rings. The van der Waals surface area contributed by atoms with Crippen molar-refractivity contribution in [3.05, 3.63) is 12.2 Å². The number of allylic oxidation sites excluding steroid dienone is 1. The Hall–Kier alpha value is -0.790. The van der Waals surface area contributed by atoms with E-state index in [0.717, 1.165) is 12.8 Å². The number of carbonyl (C=O) groups is 1. The fourth-order valence-electron chi connectivity index (χ4n) is 1.02. The van der Waals surface area contributed by atoms with Gasteiger partial charge in [0.2, 0.25) is 0 Å². The van der Waals surface area contributed by atoms with Crippen molar-refractivity contribution < 1.29 is 9.53 Å². The molecule has 0 saturated heterocycles. The second-order valence-corrected chi connectivity index (χ2v) is 3.10. The van der Waals surface area contributed by atoms with E-state index in [-0.39, 0.29) is 5.97 Å². The molecule has 0 saturated carbocycles. The van der Waals surface area contributed by atoms with Crippen molar-refractivity contribution in [2.75, 3.05) is 6.61 Å². The van der Waals surface area contributed by atoms with Crippen molar-refractivity contribution in [2.24, 2.45) is 0 Å². The molecule has 0 aliphatic carbocycles. The zero-order valence-corrected chi connectivity index (χ0v) is 8.71. The third-order valence-electron chi connectivity index (χ3n) is 1.73. The van der Waals surface area contributed by atoms with E-state index in [1.54, 1.807) is 0 Å². The van der Waals surface area contributed by atoms with E-state index in [0.29, 0.717) is 6.61 Å². The minimum atomic E-state index is -0.195. The third-order valence-corrected chi connectivity index (χ3v) is 1.73. The van der Waals surface area contributed by atoms with Crippen LogP contribution < -0.4 is 0 Å². The second kappa shape index (κ2) is 9.30. The van der Waals surface area contributed by atoms with Crippen LogP contribution in [0.5, 0.6) is 0 Å². The van der Waals surface area contributed by atoms with Gasteiger partial charge in [-0.3, -0.25) is 4.79 Å². The van der Waals surface area contributed by atoms with Crippen molar-refractivity contribution in [3.63, 3.8) is 0 Å². The maximum Gasteiger partial charge on any atom is 0.302 e. The van der Waals surface area contributed by atoms with Gasteiger partial charge in [-0.25, -0.2) is 0 Å². The Morgan fingerprint density at radius 2 is 1.92 bits per heavy atom. The highest BCUT2D eigenvalue weighted by Gasteiger charge is 1.88. The molecular weight excluding hydrogens is 164 g/mol. The van der Waals surface area contributed by atoms with E-state index in [4.69, 9.17) is 4.74 Å². The summed E-state index contributed by atoms with van der Waals surface area (Å²) < 4.78 is 4.78. The summed E-state index contributed by atoms with van der Waals surface area (Å²) in [5.74, 6) is -0.195. The lowest BCUT2D eigenvalue weighted by molar-refractivity contribution is -0.140. The van der Waals surface area contributed by atoms with Crippen LogP contribution in [0.15, 0.2) is 12.2 Å². The van der Waals surface area contributed by atoms with Crippen LogP contribution in [0, 0.1) is 0 Å². The van der Waals surface area contributed by atoms with Gasteiger partial charge < -0.3 is 4.74 Å². The molecule has 0 rings (SSSR count). The normalized spacial score (nSPS) is 10.6. The summed E-state index contributed by atoms with van der Waals surface area (Å²) in [7, 11) is 0. The van der Waals surface area contributed by atoms with Crippen LogP contribution >= 0.6 is 0 Å². The highest BCUT2D eigenvalue weighted by molar-refractivity contribution is 5.65. The van der Waals surface area contributed by atoms with Crippen molar-refractivity contribution in [1.29, 1.82) is 0 Å². The monoisotopic (exact) mass is 184 g/mol. The minimum absolute atomic E-state index is 0.195. The molecule has 0 aromatic carbocycles. The summed E-state index contributed by atoms with van der Waals surface area (Å²) >= 11 is 0. The molecule has 0 aliphatic heterocycles. The largest absolute Gasteiger partial charge is 0.466 e. The van der Waals surface area contributed by atoms with E-state index < -0.39 is 0 Å². The Morgan fingerprint density at radius 3 is 2.54 bits per heavy atom. The molecule has 0 aliphatic rings. The molecular formula is C11H20O2. The van der Waals surface area contributed by atoms with Crippen LogP contribution in [0.2, 0.25) is 0 Å². The van der Waals surface area contributed by atoms with E-state index in [1.807, 2.05) is 0 Å². The Labute approximate surface area is 81.0 Å². The first kappa shape index (κ1) is 12.2. The van der Waals surface area contributed by atoms with Crippen LogP contribution in [-0.4, -0.2) is 12.6 Å². The Bertz CT molecular complexity index is 150. The number of esters is 1. The average molecular weight is 184 g/mol. The highest BCUT2D eigenvalue weighted by Crippen LogP contribution is 2.00. The molecule has 0 unspecified atom stereocenters. The van der Waals surface area contributed by atoms with Gasteiger partial charge in [0.15, 0.2) is 0 Å². The number of ether oxygens (including phenoxy) is 1. The number of unbranched alkanes of at least 4 members (excludes halogenated alkanes) is 3. The first-order valence-corrected chi connectivity index (χ1v) is 5.05. The molecule has 13 heavy (non-hydrogen) atoms. The summed E-state index contributed by atoms with van der Waals surface area (Å²) in [5.41, 5.74) is 0. The minimum Gasteiger partial charge on any atom is -0.466 e. The average Bonchev–Trinajstić information content (AvgIpc) is 2.09. The predicted octanol–water partition coefficient (Wildman–Crippen LogP) is 3.08. The lowest BCUT2D eigenvalue weighted by atomic mass is 10.2. The SMILES string of the molecule is CCCCC/C=C\CCOC(C)=O. The van der Waals surface area contributed by atoms with E-state index >= 15 is 0 Å². The molecule has 0 spiro atoms. The maximum absolute atomic E-state index is 10.4. The lowest BCUT2D eigenvalue weighted by Gasteiger charge is -1.96. The van der Waals surface area contributed by atoms with Gasteiger partial charge in [0.25, 0.3) is 0 Å². The summed E-state index contributed by atoms with van der Waals surface area (Å²) in [4.78, 5) is 10.4. The van der Waals surface area contributed by atoms with E-state index in [2.05, 4.69) is 19.1 Å². The molecule has 0 bridgehead atoms. The summed E-state index contributed by atoms with van der Waals surface area (Å²) in [6.07, 6.45) is 10.1. The number of hydrogen-bond donors (Lipinski definition) is 0. The number of carbonyl (C=O) groups excluding carboxylic acids is 1. The van der Waals surface area contributed by atoms with Crippen LogP contribution in [0.4, 0.5) is 0 Å². The molecule has 2 nitrogen and oxygen atoms in total. The fraction of sp³-hybridized carbons (Fsp3) is 0.727. The number of hydrogen-bond acceptors (Lipinski definition) is 2. The maximum atomic E-state index is 10.4.